The van der Waals surface area contributed by atoms with Crippen LogP contribution >= 0.6 is 0 Å². The fourth-order valence-corrected chi connectivity index (χ4v) is 2.96. The topological polar surface area (TPSA) is 9.72 Å². The van der Waals surface area contributed by atoms with Crippen LogP contribution in [0.4, 0.5) is 0 Å². The van der Waals surface area contributed by atoms with Crippen LogP contribution < -0.4 is 0 Å². The van der Waals surface area contributed by atoms with Crippen LogP contribution in [0.3, 0.4) is 0 Å². The van der Waals surface area contributed by atoms with Gasteiger partial charge in [0, 0.05) is 18.1 Å². The Kier molecular flexibility index (Phi) is 8.84. The number of nitrogens with zero attached hydrogens (tertiary/aromatic N) is 3. The molecule has 3 heterocycles. The largest absolute Gasteiger partial charge is 0.304 e. The number of hydrogen-bond donors (Lipinski definition) is 0. The zero-order chi connectivity index (χ0) is 15.8. The van der Waals surface area contributed by atoms with Gasteiger partial charge < -0.3 is 14.7 Å². The highest BCUT2D eigenvalue weighted by Crippen LogP contribution is 2.13. The third-order valence-electron chi connectivity index (χ3n) is 5.67. The van der Waals surface area contributed by atoms with Gasteiger partial charge in [0.05, 0.1) is 0 Å². The van der Waals surface area contributed by atoms with Crippen molar-refractivity contribution < 1.29 is 0 Å². The summed E-state index contributed by atoms with van der Waals surface area (Å²) in [6.07, 6.45) is 8.44. The van der Waals surface area contributed by atoms with Gasteiger partial charge in [-0.2, -0.15) is 0 Å². The molecular formula is C18H39N3. The molecule has 0 aromatic carbocycles. The van der Waals surface area contributed by atoms with E-state index in [0.717, 1.165) is 18.1 Å². The minimum atomic E-state index is 0.837. The minimum Gasteiger partial charge on any atom is -0.304 e. The van der Waals surface area contributed by atoms with Crippen LogP contribution in [0.15, 0.2) is 0 Å². The summed E-state index contributed by atoms with van der Waals surface area (Å²) in [6, 6.07) is 2.55. The molecule has 3 aliphatic rings. The first-order valence-corrected chi connectivity index (χ1v) is 9.02. The Morgan fingerprint density at radius 3 is 1.14 bits per heavy atom. The molecule has 0 bridgehead atoms. The molecule has 3 unspecified atom stereocenters. The molecule has 0 amide bonds. The van der Waals surface area contributed by atoms with Crippen LogP contribution in [0.1, 0.15) is 59.3 Å². The van der Waals surface area contributed by atoms with E-state index in [9.17, 15) is 0 Å². The molecule has 0 N–H and O–H groups in total. The average Bonchev–Trinajstić information content (AvgIpc) is 2.85. The molecule has 3 saturated heterocycles. The third-order valence-corrected chi connectivity index (χ3v) is 5.67. The first-order chi connectivity index (χ1) is 9.91. The first kappa shape index (κ1) is 18.9. The SMILES string of the molecule is CC1CCCCN1C.CC1CCCN1C.CC1CCN1C. The summed E-state index contributed by atoms with van der Waals surface area (Å²) in [7, 11) is 6.57. The maximum atomic E-state index is 2.43. The quantitative estimate of drug-likeness (QED) is 0.679. The molecule has 3 heteroatoms. The van der Waals surface area contributed by atoms with E-state index in [0.29, 0.717) is 0 Å². The van der Waals surface area contributed by atoms with Crippen LogP contribution in [0, 0.1) is 0 Å². The van der Waals surface area contributed by atoms with Gasteiger partial charge in [-0.1, -0.05) is 6.42 Å². The zero-order valence-electron chi connectivity index (χ0n) is 15.4. The molecule has 21 heavy (non-hydrogen) atoms. The van der Waals surface area contributed by atoms with Gasteiger partial charge in [0.15, 0.2) is 0 Å². The van der Waals surface area contributed by atoms with E-state index < -0.39 is 0 Å². The Bertz CT molecular complexity index is 243. The van der Waals surface area contributed by atoms with E-state index >= 15 is 0 Å². The van der Waals surface area contributed by atoms with Crippen LogP contribution in [-0.4, -0.2) is 73.6 Å². The summed E-state index contributed by atoms with van der Waals surface area (Å²) in [6.45, 7) is 10.8. The molecule has 126 valence electrons. The molecule has 0 saturated carbocycles. The molecule has 3 fully saturated rings. The molecule has 3 atom stereocenters. The second-order valence-electron chi connectivity index (χ2n) is 7.42. The Labute approximate surface area is 133 Å². The van der Waals surface area contributed by atoms with Crippen LogP contribution in [0.25, 0.3) is 0 Å². The summed E-state index contributed by atoms with van der Waals surface area (Å²) in [5.74, 6) is 0. The van der Waals surface area contributed by atoms with E-state index in [1.165, 1.54) is 58.2 Å². The summed E-state index contributed by atoms with van der Waals surface area (Å²) in [4.78, 5) is 7.18. The lowest BCUT2D eigenvalue weighted by Crippen LogP contribution is -2.41. The Morgan fingerprint density at radius 1 is 0.524 bits per heavy atom. The van der Waals surface area contributed by atoms with Gasteiger partial charge in [0.25, 0.3) is 0 Å². The lowest BCUT2D eigenvalue weighted by molar-refractivity contribution is 0.143. The van der Waals surface area contributed by atoms with Crippen molar-refractivity contribution in [3.63, 3.8) is 0 Å². The molecular weight excluding hydrogens is 258 g/mol. The normalized spacial score (nSPS) is 34.3. The van der Waals surface area contributed by atoms with E-state index in [4.69, 9.17) is 0 Å². The van der Waals surface area contributed by atoms with E-state index in [1.54, 1.807) is 0 Å². The number of hydrogen-bond acceptors (Lipinski definition) is 3. The summed E-state index contributed by atoms with van der Waals surface area (Å²) in [5.41, 5.74) is 0. The van der Waals surface area contributed by atoms with Crippen molar-refractivity contribution in [3.8, 4) is 0 Å². The summed E-state index contributed by atoms with van der Waals surface area (Å²) >= 11 is 0. The molecule has 3 aliphatic heterocycles. The highest BCUT2D eigenvalue weighted by molar-refractivity contribution is 4.73. The summed E-state index contributed by atoms with van der Waals surface area (Å²) < 4.78 is 0. The third kappa shape index (κ3) is 7.12. The number of likely N-dealkylation sites (tertiary alicyclic amines) is 3. The standard InChI is InChI=1S/C7H15N.C6H13N.C5H11N/c1-7-5-3-4-6-8(7)2;1-6-4-3-5-7(6)2;1-5-3-4-6(5)2/h7H,3-6H2,1-2H3;6H,3-5H2,1-2H3;5H,3-4H2,1-2H3. The fourth-order valence-electron chi connectivity index (χ4n) is 2.96. The first-order valence-electron chi connectivity index (χ1n) is 9.02. The second-order valence-corrected chi connectivity index (χ2v) is 7.42. The monoisotopic (exact) mass is 297 g/mol. The Balaban J connectivity index is 0.000000159. The smallest absolute Gasteiger partial charge is 0.00760 e. The van der Waals surface area contributed by atoms with Gasteiger partial charge in [-0.3, -0.25) is 0 Å². The Morgan fingerprint density at radius 2 is 0.952 bits per heavy atom. The van der Waals surface area contributed by atoms with Crippen molar-refractivity contribution in [3.05, 3.63) is 0 Å². The van der Waals surface area contributed by atoms with Crippen LogP contribution in [0.5, 0.6) is 0 Å². The highest BCUT2D eigenvalue weighted by Gasteiger charge is 2.17. The van der Waals surface area contributed by atoms with Crippen molar-refractivity contribution in [2.24, 2.45) is 0 Å². The second kappa shape index (κ2) is 9.81. The predicted molar refractivity (Wildman–Crippen MR) is 94.0 cm³/mol. The fraction of sp³-hybridized carbons (Fsp3) is 1.00. The van der Waals surface area contributed by atoms with Gasteiger partial charge >= 0.3 is 0 Å². The van der Waals surface area contributed by atoms with Crippen LogP contribution in [-0.2, 0) is 0 Å². The highest BCUT2D eigenvalue weighted by atomic mass is 15.2. The van der Waals surface area contributed by atoms with Crippen molar-refractivity contribution >= 4 is 0 Å². The lowest BCUT2D eigenvalue weighted by Gasteiger charge is -2.34. The summed E-state index contributed by atoms with van der Waals surface area (Å²) in [5, 5.41) is 0. The van der Waals surface area contributed by atoms with Gasteiger partial charge in [-0.15, -0.1) is 0 Å². The zero-order valence-corrected chi connectivity index (χ0v) is 15.4. The maximum Gasteiger partial charge on any atom is 0.00760 e. The molecule has 0 radical (unpaired) electrons. The van der Waals surface area contributed by atoms with E-state index in [2.05, 4.69) is 56.6 Å². The minimum absolute atomic E-state index is 0.837. The molecule has 0 spiro atoms. The average molecular weight is 298 g/mol. The van der Waals surface area contributed by atoms with Gasteiger partial charge in [-0.05, 0) is 93.7 Å². The van der Waals surface area contributed by atoms with Crippen molar-refractivity contribution in [2.45, 2.75) is 77.4 Å². The van der Waals surface area contributed by atoms with E-state index in [-0.39, 0.29) is 0 Å². The maximum absolute atomic E-state index is 2.43. The molecule has 3 rings (SSSR count). The van der Waals surface area contributed by atoms with Crippen molar-refractivity contribution in [2.75, 3.05) is 40.8 Å². The molecule has 0 aromatic heterocycles. The van der Waals surface area contributed by atoms with Crippen LogP contribution in [0.2, 0.25) is 0 Å². The van der Waals surface area contributed by atoms with Gasteiger partial charge in [0.1, 0.15) is 0 Å². The van der Waals surface area contributed by atoms with E-state index in [1.807, 2.05) is 0 Å². The van der Waals surface area contributed by atoms with Crippen molar-refractivity contribution in [1.29, 1.82) is 0 Å². The van der Waals surface area contributed by atoms with Gasteiger partial charge in [0.2, 0.25) is 0 Å². The van der Waals surface area contributed by atoms with Gasteiger partial charge in [-0.25, -0.2) is 0 Å². The molecule has 3 nitrogen and oxygen atoms in total. The lowest BCUT2D eigenvalue weighted by atomic mass is 10.1. The Hall–Kier alpha value is -0.120. The number of rotatable bonds is 0. The number of piperidine rings is 1. The molecule has 0 aromatic rings. The molecule has 0 aliphatic carbocycles. The van der Waals surface area contributed by atoms with Crippen molar-refractivity contribution in [1.82, 2.24) is 14.7 Å². The predicted octanol–water partition coefficient (Wildman–Crippen LogP) is 3.30.